The minimum Gasteiger partial charge on any atom is -0.456 e. The number of benzene rings is 5. The van der Waals surface area contributed by atoms with Crippen LogP contribution in [0, 0.1) is 0 Å². The summed E-state index contributed by atoms with van der Waals surface area (Å²) in [6.45, 7) is 4.73. The van der Waals surface area contributed by atoms with Crippen molar-refractivity contribution >= 4 is 27.5 Å². The van der Waals surface area contributed by atoms with E-state index < -0.39 is 0 Å². The topological polar surface area (TPSA) is 30.2 Å². The highest BCUT2D eigenvalue weighted by atomic mass is 16.3. The van der Waals surface area contributed by atoms with E-state index in [0.717, 1.165) is 29.5 Å². The minimum absolute atomic E-state index is 0.00175. The maximum atomic E-state index is 13.2. The van der Waals surface area contributed by atoms with Crippen molar-refractivity contribution in [2.45, 2.75) is 32.1 Å². The van der Waals surface area contributed by atoms with Gasteiger partial charge in [0.15, 0.2) is 0 Å². The molecule has 42 heavy (non-hydrogen) atoms. The van der Waals surface area contributed by atoms with Crippen molar-refractivity contribution in [2.75, 3.05) is 0 Å². The summed E-state index contributed by atoms with van der Waals surface area (Å²) in [5.74, 6) is 0. The van der Waals surface area contributed by atoms with Crippen LogP contribution in [0.2, 0.25) is 0 Å². The van der Waals surface area contributed by atoms with Gasteiger partial charge in [0.1, 0.15) is 11.2 Å². The maximum Gasteiger partial charge on any atom is 0.200 e. The Balaban J connectivity index is 1.17. The van der Waals surface area contributed by atoms with Gasteiger partial charge in [-0.2, -0.15) is 0 Å². The largest absolute Gasteiger partial charge is 0.456 e. The molecule has 0 unspecified atom stereocenters. The molecule has 5 aromatic carbocycles. The van der Waals surface area contributed by atoms with E-state index in [1.54, 1.807) is 5.57 Å². The molecule has 2 heteroatoms. The summed E-state index contributed by atoms with van der Waals surface area (Å²) in [6, 6.07) is 37.7. The van der Waals surface area contributed by atoms with E-state index in [4.69, 9.17) is 4.42 Å². The van der Waals surface area contributed by atoms with Crippen LogP contribution in [0.3, 0.4) is 0 Å². The van der Waals surface area contributed by atoms with Crippen LogP contribution in [0.1, 0.15) is 37.8 Å². The van der Waals surface area contributed by atoms with Gasteiger partial charge in [-0.05, 0) is 105 Å². The number of fused-ring (bicyclic) bond motifs is 4. The minimum atomic E-state index is 0.00175. The summed E-state index contributed by atoms with van der Waals surface area (Å²) in [4.78, 5) is 13.2. The van der Waals surface area contributed by atoms with E-state index in [2.05, 4.69) is 92.7 Å². The molecule has 0 atom stereocenters. The standard InChI is InChI=1S/C40H30O2/c1-40(2)35-15-5-3-13-31(35)33-23-29(17-19-36(33)40)27-11-7-9-25(21-27)26-10-8-12-28(22-26)30-18-20-38-34(24-30)39(41)32-14-4-6-16-37(32)42-38/h3-4,6-14,16-24H,5,15H2,1-2H3. The van der Waals surface area contributed by atoms with Gasteiger partial charge in [-0.1, -0.05) is 98.3 Å². The van der Waals surface area contributed by atoms with Crippen LogP contribution < -0.4 is 5.43 Å². The fourth-order valence-corrected chi connectivity index (χ4v) is 6.96. The molecular weight excluding hydrogens is 512 g/mol. The predicted octanol–water partition coefficient (Wildman–Crippen LogP) is 10.3. The first-order valence-electron chi connectivity index (χ1n) is 14.7. The second-order valence-corrected chi connectivity index (χ2v) is 12.0. The molecule has 202 valence electrons. The average Bonchev–Trinajstić information content (AvgIpc) is 3.27. The molecule has 0 radical (unpaired) electrons. The molecule has 1 aromatic heterocycles. The van der Waals surface area contributed by atoms with Crippen LogP contribution in [0.25, 0.3) is 60.9 Å². The Bertz CT molecular complexity index is 2190. The maximum absolute atomic E-state index is 13.2. The molecule has 2 nitrogen and oxygen atoms in total. The van der Waals surface area contributed by atoms with E-state index in [9.17, 15) is 4.79 Å². The predicted molar refractivity (Wildman–Crippen MR) is 175 cm³/mol. The van der Waals surface area contributed by atoms with Crippen LogP contribution in [0.15, 0.2) is 136 Å². The zero-order chi connectivity index (χ0) is 28.4. The molecule has 0 spiro atoms. The van der Waals surface area contributed by atoms with Crippen molar-refractivity contribution in [1.82, 2.24) is 0 Å². The summed E-state index contributed by atoms with van der Waals surface area (Å²) in [6.07, 6.45) is 6.92. The Kier molecular flexibility index (Phi) is 5.49. The van der Waals surface area contributed by atoms with Gasteiger partial charge in [-0.25, -0.2) is 0 Å². The second-order valence-electron chi connectivity index (χ2n) is 12.0. The highest BCUT2D eigenvalue weighted by Gasteiger charge is 2.37. The first-order valence-corrected chi connectivity index (χ1v) is 14.7. The Morgan fingerprint density at radius 3 is 1.98 bits per heavy atom. The molecule has 2 aliphatic rings. The van der Waals surface area contributed by atoms with Crippen LogP contribution in [0.5, 0.6) is 0 Å². The summed E-state index contributed by atoms with van der Waals surface area (Å²) >= 11 is 0. The van der Waals surface area contributed by atoms with Gasteiger partial charge >= 0.3 is 0 Å². The summed E-state index contributed by atoms with van der Waals surface area (Å²) in [5.41, 5.74) is 13.9. The fourth-order valence-electron chi connectivity index (χ4n) is 6.96. The van der Waals surface area contributed by atoms with Crippen molar-refractivity contribution in [3.8, 4) is 33.4 Å². The first-order chi connectivity index (χ1) is 20.5. The van der Waals surface area contributed by atoms with E-state index in [1.165, 1.54) is 33.4 Å². The van der Waals surface area contributed by atoms with Crippen molar-refractivity contribution in [3.63, 3.8) is 0 Å². The molecular formula is C40H30O2. The quantitative estimate of drug-likeness (QED) is 0.208. The number of rotatable bonds is 3. The lowest BCUT2D eigenvalue weighted by Gasteiger charge is -2.25. The van der Waals surface area contributed by atoms with Gasteiger partial charge in [0, 0.05) is 5.41 Å². The highest BCUT2D eigenvalue weighted by Crippen LogP contribution is 2.50. The van der Waals surface area contributed by atoms with Crippen LogP contribution in [-0.2, 0) is 5.41 Å². The zero-order valence-corrected chi connectivity index (χ0v) is 23.8. The smallest absolute Gasteiger partial charge is 0.200 e. The molecule has 0 aliphatic heterocycles. The number of allylic oxidation sites excluding steroid dienone is 4. The van der Waals surface area contributed by atoms with Crippen LogP contribution in [-0.4, -0.2) is 0 Å². The van der Waals surface area contributed by atoms with Crippen molar-refractivity contribution in [3.05, 3.63) is 148 Å². The van der Waals surface area contributed by atoms with Gasteiger partial charge in [0.2, 0.25) is 5.43 Å². The third-order valence-electron chi connectivity index (χ3n) is 9.21. The van der Waals surface area contributed by atoms with E-state index in [0.29, 0.717) is 21.9 Å². The molecule has 0 saturated heterocycles. The molecule has 8 rings (SSSR count). The van der Waals surface area contributed by atoms with Crippen LogP contribution in [0.4, 0.5) is 0 Å². The zero-order valence-electron chi connectivity index (χ0n) is 23.8. The Labute approximate surface area is 245 Å². The van der Waals surface area contributed by atoms with E-state index >= 15 is 0 Å². The molecule has 0 fully saturated rings. The van der Waals surface area contributed by atoms with Crippen molar-refractivity contribution < 1.29 is 4.42 Å². The highest BCUT2D eigenvalue weighted by molar-refractivity contribution is 5.93. The van der Waals surface area contributed by atoms with Crippen LogP contribution >= 0.6 is 0 Å². The third kappa shape index (κ3) is 3.83. The van der Waals surface area contributed by atoms with Crippen molar-refractivity contribution in [2.24, 2.45) is 0 Å². The number of para-hydroxylation sites is 1. The number of hydrogen-bond donors (Lipinski definition) is 0. The van der Waals surface area contributed by atoms with Gasteiger partial charge < -0.3 is 4.42 Å². The molecule has 0 saturated carbocycles. The van der Waals surface area contributed by atoms with Gasteiger partial charge in [0.05, 0.1) is 10.8 Å². The van der Waals surface area contributed by atoms with E-state index in [1.807, 2.05) is 42.5 Å². The summed E-state index contributed by atoms with van der Waals surface area (Å²) in [7, 11) is 0. The third-order valence-corrected chi connectivity index (χ3v) is 9.21. The normalized spacial score (nSPS) is 15.3. The second kappa shape index (κ2) is 9.29. The lowest BCUT2D eigenvalue weighted by atomic mass is 9.78. The average molecular weight is 543 g/mol. The Morgan fingerprint density at radius 2 is 1.24 bits per heavy atom. The monoisotopic (exact) mass is 542 g/mol. The van der Waals surface area contributed by atoms with Gasteiger partial charge in [-0.15, -0.1) is 0 Å². The number of hydrogen-bond acceptors (Lipinski definition) is 2. The SMILES string of the molecule is CC1(C)C2=C(C=CCC2)c2cc(-c3cccc(-c4cccc(-c5ccc6oc7ccccc7c(=O)c6c5)c4)c3)ccc21. The molecule has 6 aromatic rings. The Hall–Kier alpha value is -4.95. The molecule has 0 N–H and O–H groups in total. The summed E-state index contributed by atoms with van der Waals surface area (Å²) in [5, 5.41) is 1.21. The Morgan fingerprint density at radius 1 is 0.619 bits per heavy atom. The fraction of sp³-hybridized carbons (Fsp3) is 0.125. The first kappa shape index (κ1) is 24.8. The van der Waals surface area contributed by atoms with E-state index in [-0.39, 0.29) is 10.8 Å². The lowest BCUT2D eigenvalue weighted by Crippen LogP contribution is -2.17. The summed E-state index contributed by atoms with van der Waals surface area (Å²) < 4.78 is 6.03. The molecule has 0 bridgehead atoms. The van der Waals surface area contributed by atoms with Gasteiger partial charge in [0.25, 0.3) is 0 Å². The lowest BCUT2D eigenvalue weighted by molar-refractivity contribution is 0.607. The molecule has 0 amide bonds. The van der Waals surface area contributed by atoms with Crippen molar-refractivity contribution in [1.29, 1.82) is 0 Å². The molecule has 2 aliphatic carbocycles. The molecule has 1 heterocycles. The van der Waals surface area contributed by atoms with Gasteiger partial charge in [-0.3, -0.25) is 4.79 Å².